The van der Waals surface area contributed by atoms with E-state index >= 15 is 0 Å². The predicted molar refractivity (Wildman–Crippen MR) is 62.3 cm³/mol. The van der Waals surface area contributed by atoms with Crippen molar-refractivity contribution in [3.8, 4) is 0 Å². The van der Waals surface area contributed by atoms with Crippen molar-refractivity contribution in [1.29, 1.82) is 0 Å². The Balaban J connectivity index is 2.72. The van der Waals surface area contributed by atoms with E-state index in [1.807, 2.05) is 20.8 Å². The number of rotatable bonds is 6. The van der Waals surface area contributed by atoms with Gasteiger partial charge in [-0.3, -0.25) is 10.1 Å². The van der Waals surface area contributed by atoms with Crippen LogP contribution < -0.4 is 5.32 Å². The fourth-order valence-corrected chi connectivity index (χ4v) is 2.01. The summed E-state index contributed by atoms with van der Waals surface area (Å²) >= 11 is 0. The molecular weight excluding hydrogens is 206 g/mol. The van der Waals surface area contributed by atoms with Crippen molar-refractivity contribution in [2.24, 2.45) is 0 Å². The van der Waals surface area contributed by atoms with E-state index in [2.05, 4.69) is 5.32 Å². The topological polar surface area (TPSA) is 47.6 Å². The lowest BCUT2D eigenvalue weighted by Crippen LogP contribution is -2.55. The number of ether oxygens (including phenoxy) is 2. The van der Waals surface area contributed by atoms with Gasteiger partial charge in [-0.15, -0.1) is 0 Å². The Morgan fingerprint density at radius 1 is 1.31 bits per heavy atom. The van der Waals surface area contributed by atoms with Crippen LogP contribution in [0.3, 0.4) is 0 Å². The maximum atomic E-state index is 11.9. The summed E-state index contributed by atoms with van der Waals surface area (Å²) in [6, 6.07) is 0.455. The number of nitrogens with one attached hydrogen (secondary N) is 1. The highest BCUT2D eigenvalue weighted by Crippen LogP contribution is 2.29. The fraction of sp³-hybridized carbons (Fsp3) is 0.917. The minimum atomic E-state index is -0.657. The van der Waals surface area contributed by atoms with Crippen LogP contribution in [0.2, 0.25) is 0 Å². The Bertz CT molecular complexity index is 261. The zero-order valence-corrected chi connectivity index (χ0v) is 10.9. The summed E-state index contributed by atoms with van der Waals surface area (Å²) in [6.07, 6.45) is 2.87. The highest BCUT2D eigenvalue weighted by molar-refractivity contribution is 5.80. The standard InChI is InChI=1S/C12H23NO3/c1-11(2,16-5)8-12(3,10(14)15-4)13-9-6-7-9/h9,13H,6-8H2,1-5H3. The molecule has 1 aliphatic carbocycles. The summed E-state index contributed by atoms with van der Waals surface area (Å²) in [5, 5.41) is 3.35. The zero-order valence-electron chi connectivity index (χ0n) is 10.9. The largest absolute Gasteiger partial charge is 0.468 e. The summed E-state index contributed by atoms with van der Waals surface area (Å²) in [6.45, 7) is 5.84. The van der Waals surface area contributed by atoms with E-state index in [1.165, 1.54) is 7.11 Å². The van der Waals surface area contributed by atoms with E-state index in [0.29, 0.717) is 12.5 Å². The van der Waals surface area contributed by atoms with Crippen molar-refractivity contribution in [2.75, 3.05) is 14.2 Å². The first-order chi connectivity index (χ1) is 7.33. The van der Waals surface area contributed by atoms with Gasteiger partial charge >= 0.3 is 5.97 Å². The molecule has 0 amide bonds. The molecule has 0 bridgehead atoms. The van der Waals surface area contributed by atoms with E-state index in [0.717, 1.165) is 12.8 Å². The van der Waals surface area contributed by atoms with Gasteiger partial charge in [-0.1, -0.05) is 0 Å². The molecule has 0 saturated heterocycles. The number of esters is 1. The van der Waals surface area contributed by atoms with Crippen LogP contribution in [0.15, 0.2) is 0 Å². The highest BCUT2D eigenvalue weighted by atomic mass is 16.5. The van der Waals surface area contributed by atoms with Crippen molar-refractivity contribution < 1.29 is 14.3 Å². The van der Waals surface area contributed by atoms with Crippen LogP contribution in [0.25, 0.3) is 0 Å². The molecule has 1 fully saturated rings. The quantitative estimate of drug-likeness (QED) is 0.701. The van der Waals surface area contributed by atoms with Gasteiger partial charge in [0.05, 0.1) is 12.7 Å². The molecule has 1 N–H and O–H groups in total. The lowest BCUT2D eigenvalue weighted by molar-refractivity contribution is -0.151. The number of hydrogen-bond acceptors (Lipinski definition) is 4. The van der Waals surface area contributed by atoms with E-state index < -0.39 is 5.54 Å². The maximum absolute atomic E-state index is 11.9. The van der Waals surface area contributed by atoms with Crippen LogP contribution in [0.5, 0.6) is 0 Å². The minimum Gasteiger partial charge on any atom is -0.468 e. The van der Waals surface area contributed by atoms with Gasteiger partial charge in [0, 0.05) is 19.6 Å². The molecule has 1 atom stereocenters. The number of carbonyl (C=O) groups is 1. The van der Waals surface area contributed by atoms with Crippen molar-refractivity contribution in [3.05, 3.63) is 0 Å². The number of methoxy groups -OCH3 is 2. The normalized spacial score (nSPS) is 20.3. The fourth-order valence-electron chi connectivity index (χ4n) is 2.01. The number of hydrogen-bond donors (Lipinski definition) is 1. The molecular formula is C12H23NO3. The molecule has 0 aliphatic heterocycles. The first-order valence-electron chi connectivity index (χ1n) is 5.74. The van der Waals surface area contributed by atoms with Gasteiger partial charge < -0.3 is 9.47 Å². The summed E-state index contributed by atoms with van der Waals surface area (Å²) in [7, 11) is 3.09. The molecule has 1 saturated carbocycles. The predicted octanol–water partition coefficient (Wildman–Crippen LogP) is 1.49. The van der Waals surface area contributed by atoms with Crippen molar-refractivity contribution in [2.45, 2.75) is 57.2 Å². The van der Waals surface area contributed by atoms with Crippen LogP contribution in [-0.4, -0.2) is 37.4 Å². The average Bonchev–Trinajstić information content (AvgIpc) is 2.99. The zero-order chi connectivity index (χ0) is 12.4. The molecule has 1 unspecified atom stereocenters. The highest BCUT2D eigenvalue weighted by Gasteiger charge is 2.43. The second kappa shape index (κ2) is 4.72. The molecule has 0 aromatic heterocycles. The summed E-state index contributed by atoms with van der Waals surface area (Å²) in [4.78, 5) is 11.9. The van der Waals surface area contributed by atoms with Crippen LogP contribution >= 0.6 is 0 Å². The Morgan fingerprint density at radius 2 is 1.88 bits per heavy atom. The third-order valence-corrected chi connectivity index (χ3v) is 3.07. The van der Waals surface area contributed by atoms with Gasteiger partial charge in [0.15, 0.2) is 0 Å². The molecule has 16 heavy (non-hydrogen) atoms. The SMILES string of the molecule is COC(=O)C(C)(CC(C)(C)OC)NC1CC1. The minimum absolute atomic E-state index is 0.218. The first-order valence-corrected chi connectivity index (χ1v) is 5.74. The molecule has 1 aliphatic rings. The molecule has 4 nitrogen and oxygen atoms in total. The van der Waals surface area contributed by atoms with Gasteiger partial charge in [-0.25, -0.2) is 0 Å². The van der Waals surface area contributed by atoms with Gasteiger partial charge in [0.25, 0.3) is 0 Å². The van der Waals surface area contributed by atoms with E-state index in [-0.39, 0.29) is 11.6 Å². The third kappa shape index (κ3) is 3.46. The summed E-state index contributed by atoms with van der Waals surface area (Å²) in [5.41, 5.74) is -1.000. The average molecular weight is 229 g/mol. The van der Waals surface area contributed by atoms with Crippen LogP contribution in [0, 0.1) is 0 Å². The van der Waals surface area contributed by atoms with E-state index in [9.17, 15) is 4.79 Å². The Kier molecular flexibility index (Phi) is 3.97. The first kappa shape index (κ1) is 13.5. The second-order valence-corrected chi connectivity index (χ2v) is 5.38. The van der Waals surface area contributed by atoms with Gasteiger partial charge in [0.2, 0.25) is 0 Å². The van der Waals surface area contributed by atoms with E-state index in [1.54, 1.807) is 7.11 Å². The third-order valence-electron chi connectivity index (χ3n) is 3.07. The molecule has 4 heteroatoms. The second-order valence-electron chi connectivity index (χ2n) is 5.38. The molecule has 0 aromatic carbocycles. The molecule has 0 radical (unpaired) electrons. The Morgan fingerprint density at radius 3 is 2.25 bits per heavy atom. The molecule has 0 aromatic rings. The van der Waals surface area contributed by atoms with E-state index in [4.69, 9.17) is 9.47 Å². The monoisotopic (exact) mass is 229 g/mol. The molecule has 0 heterocycles. The molecule has 1 rings (SSSR count). The van der Waals surface area contributed by atoms with Crippen molar-refractivity contribution in [1.82, 2.24) is 5.32 Å². The lowest BCUT2D eigenvalue weighted by atomic mass is 9.87. The lowest BCUT2D eigenvalue weighted by Gasteiger charge is -2.35. The van der Waals surface area contributed by atoms with Crippen LogP contribution in [0.4, 0.5) is 0 Å². The summed E-state index contributed by atoms with van der Waals surface area (Å²) < 4.78 is 10.3. The number of carbonyl (C=O) groups excluding carboxylic acids is 1. The van der Waals surface area contributed by atoms with Crippen LogP contribution in [-0.2, 0) is 14.3 Å². The maximum Gasteiger partial charge on any atom is 0.325 e. The Labute approximate surface area is 97.7 Å². The van der Waals surface area contributed by atoms with Gasteiger partial charge in [0.1, 0.15) is 5.54 Å². The molecule has 0 spiro atoms. The van der Waals surface area contributed by atoms with Gasteiger partial charge in [-0.2, -0.15) is 0 Å². The Hall–Kier alpha value is -0.610. The summed E-state index contributed by atoms with van der Waals surface area (Å²) in [5.74, 6) is -0.218. The van der Waals surface area contributed by atoms with Crippen LogP contribution in [0.1, 0.15) is 40.0 Å². The smallest absolute Gasteiger partial charge is 0.325 e. The van der Waals surface area contributed by atoms with Gasteiger partial charge in [-0.05, 0) is 33.6 Å². The van der Waals surface area contributed by atoms with Crippen molar-refractivity contribution in [3.63, 3.8) is 0 Å². The molecule has 94 valence electrons. The van der Waals surface area contributed by atoms with Crippen molar-refractivity contribution >= 4 is 5.97 Å².